The van der Waals surface area contributed by atoms with Crippen LogP contribution >= 0.6 is 11.6 Å². The Morgan fingerprint density at radius 1 is 0.905 bits per heavy atom. The summed E-state index contributed by atoms with van der Waals surface area (Å²) < 4.78 is 34.6. The van der Waals surface area contributed by atoms with Crippen molar-refractivity contribution < 1.29 is 22.7 Å². The van der Waals surface area contributed by atoms with Gasteiger partial charge < -0.3 is 15.0 Å². The van der Waals surface area contributed by atoms with Gasteiger partial charge in [-0.15, -0.1) is 0 Å². The van der Waals surface area contributed by atoms with Crippen molar-refractivity contribution in [3.63, 3.8) is 0 Å². The summed E-state index contributed by atoms with van der Waals surface area (Å²) in [6.07, 6.45) is 1.08. The lowest BCUT2D eigenvalue weighted by Gasteiger charge is -2.33. The number of aryl methyl sites for hydroxylation is 1. The first-order valence-corrected chi connectivity index (χ1v) is 16.0. The van der Waals surface area contributed by atoms with Crippen molar-refractivity contribution in [1.82, 2.24) is 10.2 Å². The summed E-state index contributed by atoms with van der Waals surface area (Å²) in [4.78, 5) is 29.0. The molecule has 42 heavy (non-hydrogen) atoms. The number of anilines is 1. The monoisotopic (exact) mass is 613 g/mol. The normalized spacial score (nSPS) is 12.7. The summed E-state index contributed by atoms with van der Waals surface area (Å²) >= 11 is 6.08. The summed E-state index contributed by atoms with van der Waals surface area (Å²) in [5, 5.41) is 3.52. The van der Waals surface area contributed by atoms with E-state index in [1.807, 2.05) is 34.6 Å². The van der Waals surface area contributed by atoms with E-state index in [4.69, 9.17) is 16.3 Å². The average molecular weight is 614 g/mol. The summed E-state index contributed by atoms with van der Waals surface area (Å²) in [5.41, 5.74) is 2.05. The minimum atomic E-state index is -4.17. The summed E-state index contributed by atoms with van der Waals surface area (Å²) in [6.45, 7) is 9.49. The van der Waals surface area contributed by atoms with E-state index in [9.17, 15) is 18.0 Å². The van der Waals surface area contributed by atoms with E-state index < -0.39 is 28.5 Å². The SMILES string of the molecule is CCOc1ccc(S(=O)(=O)N(CC(=O)N(Cc2ccc(Cl)cc2)[C@@H](CC)C(=O)N[C@H](C)CC)c2ccc(C)cc2)cc1. The Labute approximate surface area is 254 Å². The maximum Gasteiger partial charge on any atom is 0.264 e. The predicted molar refractivity (Wildman–Crippen MR) is 167 cm³/mol. The van der Waals surface area contributed by atoms with Crippen LogP contribution in [0.1, 0.15) is 51.7 Å². The first-order valence-electron chi connectivity index (χ1n) is 14.2. The lowest BCUT2D eigenvalue weighted by atomic mass is 10.1. The highest BCUT2D eigenvalue weighted by Crippen LogP contribution is 2.27. The maximum atomic E-state index is 14.1. The van der Waals surface area contributed by atoms with Crippen LogP contribution in [0.5, 0.6) is 5.75 Å². The lowest BCUT2D eigenvalue weighted by molar-refractivity contribution is -0.140. The van der Waals surface area contributed by atoms with E-state index in [1.165, 1.54) is 17.0 Å². The molecule has 2 atom stereocenters. The van der Waals surface area contributed by atoms with Gasteiger partial charge in [0.1, 0.15) is 18.3 Å². The maximum absolute atomic E-state index is 14.1. The highest BCUT2D eigenvalue weighted by atomic mass is 35.5. The first-order chi connectivity index (χ1) is 20.0. The van der Waals surface area contributed by atoms with Crippen molar-refractivity contribution in [2.24, 2.45) is 0 Å². The van der Waals surface area contributed by atoms with Gasteiger partial charge in [-0.05, 0) is 87.7 Å². The Kier molecular flexibility index (Phi) is 11.8. The molecule has 3 aromatic rings. The molecule has 3 aromatic carbocycles. The summed E-state index contributed by atoms with van der Waals surface area (Å²) in [6, 6.07) is 19.2. The van der Waals surface area contributed by atoms with Crippen LogP contribution in [-0.2, 0) is 26.2 Å². The van der Waals surface area contributed by atoms with E-state index in [0.717, 1.165) is 21.9 Å². The van der Waals surface area contributed by atoms with Crippen LogP contribution in [0.4, 0.5) is 5.69 Å². The summed E-state index contributed by atoms with van der Waals surface area (Å²) in [5.74, 6) is -0.252. The molecule has 0 fully saturated rings. The number of nitrogens with zero attached hydrogens (tertiary/aromatic N) is 2. The number of hydrogen-bond acceptors (Lipinski definition) is 5. The van der Waals surface area contributed by atoms with Crippen LogP contribution in [0.25, 0.3) is 0 Å². The van der Waals surface area contributed by atoms with Crippen LogP contribution in [-0.4, -0.2) is 50.4 Å². The molecule has 3 rings (SSSR count). The number of benzene rings is 3. The topological polar surface area (TPSA) is 96.0 Å². The van der Waals surface area contributed by atoms with E-state index in [-0.39, 0.29) is 23.4 Å². The van der Waals surface area contributed by atoms with Gasteiger partial charge in [-0.1, -0.05) is 55.3 Å². The number of rotatable bonds is 14. The lowest BCUT2D eigenvalue weighted by Crippen LogP contribution is -2.53. The zero-order chi connectivity index (χ0) is 30.9. The second kappa shape index (κ2) is 15.1. The fourth-order valence-corrected chi connectivity index (χ4v) is 5.93. The van der Waals surface area contributed by atoms with Crippen LogP contribution in [0.3, 0.4) is 0 Å². The minimum Gasteiger partial charge on any atom is -0.494 e. The molecule has 0 aromatic heterocycles. The van der Waals surface area contributed by atoms with E-state index in [1.54, 1.807) is 60.7 Å². The van der Waals surface area contributed by atoms with Gasteiger partial charge >= 0.3 is 0 Å². The standard InChI is InChI=1S/C32H40ClN3O5S/c1-6-24(5)34-32(38)30(7-2)35(21-25-11-13-26(33)14-12-25)31(37)22-36(27-15-9-23(4)10-16-27)42(39,40)29-19-17-28(18-20-29)41-8-3/h9-20,24,30H,6-8,21-22H2,1-5H3,(H,34,38)/t24-,30+/m1/s1. The molecule has 0 aliphatic heterocycles. The number of nitrogens with one attached hydrogen (secondary N) is 1. The van der Waals surface area contributed by atoms with Crippen LogP contribution < -0.4 is 14.4 Å². The van der Waals surface area contributed by atoms with Crippen molar-refractivity contribution >= 4 is 39.1 Å². The van der Waals surface area contributed by atoms with Gasteiger partial charge in [0.25, 0.3) is 10.0 Å². The van der Waals surface area contributed by atoms with Gasteiger partial charge in [0.2, 0.25) is 11.8 Å². The van der Waals surface area contributed by atoms with Gasteiger partial charge in [-0.2, -0.15) is 0 Å². The quantitative estimate of drug-likeness (QED) is 0.242. The van der Waals surface area contributed by atoms with Gasteiger partial charge in [0, 0.05) is 17.6 Å². The minimum absolute atomic E-state index is 0.0186. The van der Waals surface area contributed by atoms with Crippen molar-refractivity contribution in [2.75, 3.05) is 17.5 Å². The Bertz CT molecular complexity index is 1430. The van der Waals surface area contributed by atoms with Gasteiger partial charge in [0.05, 0.1) is 17.2 Å². The molecule has 226 valence electrons. The first kappa shape index (κ1) is 32.9. The molecule has 0 aliphatic rings. The molecular formula is C32H40ClN3O5S. The molecule has 1 N–H and O–H groups in total. The predicted octanol–water partition coefficient (Wildman–Crippen LogP) is 5.96. The molecule has 0 spiro atoms. The molecule has 0 radical (unpaired) electrons. The Morgan fingerprint density at radius 3 is 2.07 bits per heavy atom. The molecule has 0 saturated carbocycles. The molecule has 0 bridgehead atoms. The second-order valence-corrected chi connectivity index (χ2v) is 12.4. The van der Waals surface area contributed by atoms with Crippen LogP contribution in [0.2, 0.25) is 5.02 Å². The fraction of sp³-hybridized carbons (Fsp3) is 0.375. The number of sulfonamides is 1. The van der Waals surface area contributed by atoms with E-state index in [2.05, 4.69) is 5.32 Å². The van der Waals surface area contributed by atoms with Crippen molar-refractivity contribution in [2.45, 2.75) is 71.0 Å². The fourth-order valence-electron chi connectivity index (χ4n) is 4.39. The number of amides is 2. The van der Waals surface area contributed by atoms with Crippen molar-refractivity contribution in [3.05, 3.63) is 88.9 Å². The molecule has 10 heteroatoms. The third-order valence-corrected chi connectivity index (χ3v) is 9.02. The largest absolute Gasteiger partial charge is 0.494 e. The number of halogens is 1. The number of hydrogen-bond donors (Lipinski definition) is 1. The number of ether oxygens (including phenoxy) is 1. The van der Waals surface area contributed by atoms with Gasteiger partial charge in [-0.25, -0.2) is 8.42 Å². The third-order valence-electron chi connectivity index (χ3n) is 6.98. The Morgan fingerprint density at radius 2 is 1.52 bits per heavy atom. The second-order valence-electron chi connectivity index (χ2n) is 10.1. The zero-order valence-corrected chi connectivity index (χ0v) is 26.4. The summed E-state index contributed by atoms with van der Waals surface area (Å²) in [7, 11) is -4.17. The van der Waals surface area contributed by atoms with Crippen LogP contribution in [0, 0.1) is 6.92 Å². The number of carbonyl (C=O) groups excluding carboxylic acids is 2. The molecule has 2 amide bonds. The Balaban J connectivity index is 2.04. The average Bonchev–Trinajstić information content (AvgIpc) is 2.97. The highest BCUT2D eigenvalue weighted by Gasteiger charge is 2.34. The van der Waals surface area contributed by atoms with E-state index in [0.29, 0.717) is 29.5 Å². The molecule has 0 heterocycles. The van der Waals surface area contributed by atoms with Crippen molar-refractivity contribution in [1.29, 1.82) is 0 Å². The molecule has 8 nitrogen and oxygen atoms in total. The van der Waals surface area contributed by atoms with Gasteiger partial charge in [0.15, 0.2) is 0 Å². The van der Waals surface area contributed by atoms with Crippen LogP contribution in [0.15, 0.2) is 77.7 Å². The highest BCUT2D eigenvalue weighted by molar-refractivity contribution is 7.92. The molecule has 0 unspecified atom stereocenters. The van der Waals surface area contributed by atoms with Crippen molar-refractivity contribution in [3.8, 4) is 5.75 Å². The molecular weight excluding hydrogens is 574 g/mol. The smallest absolute Gasteiger partial charge is 0.264 e. The molecule has 0 saturated heterocycles. The third kappa shape index (κ3) is 8.49. The Hall–Kier alpha value is -3.56. The zero-order valence-electron chi connectivity index (χ0n) is 24.8. The number of carbonyl (C=O) groups is 2. The van der Waals surface area contributed by atoms with Gasteiger partial charge in [-0.3, -0.25) is 13.9 Å². The van der Waals surface area contributed by atoms with E-state index >= 15 is 0 Å². The molecule has 0 aliphatic carbocycles.